The molecular formula is C12H14O4. The molecular weight excluding hydrogens is 208 g/mol. The summed E-state index contributed by atoms with van der Waals surface area (Å²) in [5, 5.41) is 9.76. The zero-order chi connectivity index (χ0) is 11.9. The van der Waals surface area contributed by atoms with Crippen LogP contribution in [-0.2, 0) is 0 Å². The van der Waals surface area contributed by atoms with Gasteiger partial charge in [0, 0.05) is 12.1 Å². The van der Waals surface area contributed by atoms with Crippen molar-refractivity contribution in [3.8, 4) is 17.2 Å². The van der Waals surface area contributed by atoms with Gasteiger partial charge in [-0.1, -0.05) is 6.92 Å². The Morgan fingerprint density at radius 3 is 2.69 bits per heavy atom. The number of aromatic hydroxyl groups is 1. The summed E-state index contributed by atoms with van der Waals surface area (Å²) in [7, 11) is 1.50. The molecule has 1 N–H and O–H groups in total. The maximum atomic E-state index is 12.0. The Bertz CT molecular complexity index is 439. The van der Waals surface area contributed by atoms with Crippen LogP contribution in [-0.4, -0.2) is 24.1 Å². The van der Waals surface area contributed by atoms with E-state index in [-0.39, 0.29) is 29.1 Å². The second-order valence-corrected chi connectivity index (χ2v) is 4.00. The number of hydrogen-bond donors (Lipinski definition) is 1. The minimum Gasteiger partial charge on any atom is -0.507 e. The Labute approximate surface area is 93.8 Å². The van der Waals surface area contributed by atoms with Crippen LogP contribution < -0.4 is 9.47 Å². The van der Waals surface area contributed by atoms with Crippen LogP contribution >= 0.6 is 0 Å². The van der Waals surface area contributed by atoms with Crippen LogP contribution in [0, 0.1) is 5.92 Å². The number of carbonyl (C=O) groups is 1. The quantitative estimate of drug-likeness (QED) is 0.789. The first-order valence-electron chi connectivity index (χ1n) is 5.16. The summed E-state index contributed by atoms with van der Waals surface area (Å²) in [4.78, 5) is 12.0. The van der Waals surface area contributed by atoms with Crippen molar-refractivity contribution < 1.29 is 19.4 Å². The lowest BCUT2D eigenvalue weighted by molar-refractivity contribution is 0.0724. The van der Waals surface area contributed by atoms with Gasteiger partial charge in [-0.2, -0.15) is 0 Å². The van der Waals surface area contributed by atoms with Gasteiger partial charge >= 0.3 is 0 Å². The molecule has 0 aromatic heterocycles. The molecule has 2 atom stereocenters. The molecule has 1 aliphatic heterocycles. The van der Waals surface area contributed by atoms with Crippen molar-refractivity contribution in [3.63, 3.8) is 0 Å². The van der Waals surface area contributed by atoms with E-state index in [1.807, 2.05) is 6.92 Å². The minimum absolute atomic E-state index is 0.0851. The largest absolute Gasteiger partial charge is 0.507 e. The molecule has 0 saturated heterocycles. The normalized spacial score (nSPS) is 23.6. The third kappa shape index (κ3) is 1.50. The Morgan fingerprint density at radius 1 is 1.38 bits per heavy atom. The number of phenolic OH excluding ortho intramolecular Hbond substituents is 1. The first-order chi connectivity index (χ1) is 7.54. The van der Waals surface area contributed by atoms with E-state index < -0.39 is 0 Å². The number of hydrogen-bond acceptors (Lipinski definition) is 4. The van der Waals surface area contributed by atoms with Gasteiger partial charge in [0.25, 0.3) is 0 Å². The highest BCUT2D eigenvalue weighted by atomic mass is 16.5. The van der Waals surface area contributed by atoms with Crippen LogP contribution in [0.2, 0.25) is 0 Å². The van der Waals surface area contributed by atoms with Gasteiger partial charge in [-0.15, -0.1) is 0 Å². The molecule has 0 aliphatic carbocycles. The van der Waals surface area contributed by atoms with Crippen molar-refractivity contribution in [1.29, 1.82) is 0 Å². The van der Waals surface area contributed by atoms with Gasteiger partial charge in [0.2, 0.25) is 0 Å². The second kappa shape index (κ2) is 3.70. The molecule has 4 nitrogen and oxygen atoms in total. The highest BCUT2D eigenvalue weighted by molar-refractivity contribution is 6.04. The molecule has 86 valence electrons. The molecule has 0 saturated carbocycles. The van der Waals surface area contributed by atoms with Gasteiger partial charge in [0.05, 0.1) is 13.0 Å². The lowest BCUT2D eigenvalue weighted by Gasteiger charge is -2.28. The van der Waals surface area contributed by atoms with Crippen LogP contribution in [0.25, 0.3) is 0 Å². The molecule has 0 radical (unpaired) electrons. The standard InChI is InChI=1S/C12H14O4/c1-6-7(2)16-10-5-8(15-3)4-9(13)11(10)12(6)14/h4-7,13H,1-3H3/t6-,7+/m0/s1. The zero-order valence-electron chi connectivity index (χ0n) is 9.48. The molecule has 0 amide bonds. The summed E-state index contributed by atoms with van der Waals surface area (Å²) >= 11 is 0. The molecule has 4 heteroatoms. The summed E-state index contributed by atoms with van der Waals surface area (Å²) in [6.07, 6.45) is -0.188. The number of benzene rings is 1. The van der Waals surface area contributed by atoms with Crippen LogP contribution in [0.15, 0.2) is 12.1 Å². The number of carbonyl (C=O) groups excluding carboxylic acids is 1. The Morgan fingerprint density at radius 2 is 2.06 bits per heavy atom. The Hall–Kier alpha value is -1.71. The third-order valence-electron chi connectivity index (χ3n) is 2.97. The van der Waals surface area contributed by atoms with Crippen LogP contribution in [0.4, 0.5) is 0 Å². The predicted octanol–water partition coefficient (Wildman–Crippen LogP) is 2.00. The molecule has 2 rings (SSSR count). The summed E-state index contributed by atoms with van der Waals surface area (Å²) in [6.45, 7) is 3.63. The van der Waals surface area contributed by atoms with Gasteiger partial charge < -0.3 is 14.6 Å². The molecule has 1 aliphatic rings. The monoisotopic (exact) mass is 222 g/mol. The predicted molar refractivity (Wildman–Crippen MR) is 58.2 cm³/mol. The Balaban J connectivity index is 2.56. The average molecular weight is 222 g/mol. The lowest BCUT2D eigenvalue weighted by atomic mass is 9.91. The number of fused-ring (bicyclic) bond motifs is 1. The molecule has 1 aromatic carbocycles. The van der Waals surface area contributed by atoms with Crippen molar-refractivity contribution >= 4 is 5.78 Å². The molecule has 16 heavy (non-hydrogen) atoms. The fourth-order valence-corrected chi connectivity index (χ4v) is 1.78. The van der Waals surface area contributed by atoms with E-state index in [0.29, 0.717) is 11.5 Å². The van der Waals surface area contributed by atoms with Gasteiger partial charge in [-0.05, 0) is 6.92 Å². The zero-order valence-corrected chi connectivity index (χ0v) is 9.48. The molecule has 0 bridgehead atoms. The summed E-state index contributed by atoms with van der Waals surface area (Å²) in [6, 6.07) is 3.04. The number of phenols is 1. The molecule has 0 unspecified atom stereocenters. The van der Waals surface area contributed by atoms with E-state index in [1.54, 1.807) is 13.0 Å². The minimum atomic E-state index is -0.244. The maximum Gasteiger partial charge on any atom is 0.176 e. The molecule has 1 aromatic rings. The van der Waals surface area contributed by atoms with Crippen LogP contribution in [0.3, 0.4) is 0 Å². The van der Waals surface area contributed by atoms with Crippen molar-refractivity contribution in [2.24, 2.45) is 5.92 Å². The smallest absolute Gasteiger partial charge is 0.176 e. The van der Waals surface area contributed by atoms with Gasteiger partial charge in [0.1, 0.15) is 28.9 Å². The van der Waals surface area contributed by atoms with E-state index >= 15 is 0 Å². The summed E-state index contributed by atoms with van der Waals surface area (Å²) in [5.74, 6) is 0.456. The molecule has 0 spiro atoms. The number of rotatable bonds is 1. The number of ketones is 1. The van der Waals surface area contributed by atoms with Gasteiger partial charge in [0.15, 0.2) is 5.78 Å². The number of ether oxygens (including phenoxy) is 2. The molecule has 0 fully saturated rings. The highest BCUT2D eigenvalue weighted by Gasteiger charge is 2.33. The van der Waals surface area contributed by atoms with Crippen LogP contribution in [0.5, 0.6) is 17.2 Å². The van der Waals surface area contributed by atoms with E-state index in [0.717, 1.165) is 0 Å². The summed E-state index contributed by atoms with van der Waals surface area (Å²) < 4.78 is 10.6. The topological polar surface area (TPSA) is 55.8 Å². The van der Waals surface area contributed by atoms with Crippen molar-refractivity contribution in [1.82, 2.24) is 0 Å². The lowest BCUT2D eigenvalue weighted by Crippen LogP contribution is -2.33. The number of methoxy groups -OCH3 is 1. The number of Topliss-reactive ketones (excluding diaryl/α,β-unsaturated/α-hetero) is 1. The van der Waals surface area contributed by atoms with E-state index in [1.165, 1.54) is 13.2 Å². The Kier molecular flexibility index (Phi) is 2.50. The summed E-state index contributed by atoms with van der Waals surface area (Å²) in [5.41, 5.74) is 0.256. The third-order valence-corrected chi connectivity index (χ3v) is 2.97. The van der Waals surface area contributed by atoms with E-state index in [4.69, 9.17) is 9.47 Å². The highest BCUT2D eigenvalue weighted by Crippen LogP contribution is 2.39. The van der Waals surface area contributed by atoms with Gasteiger partial charge in [-0.3, -0.25) is 4.79 Å². The van der Waals surface area contributed by atoms with E-state index in [2.05, 4.69) is 0 Å². The SMILES string of the molecule is COc1cc(O)c2c(c1)O[C@H](C)[C@H](C)C2=O. The van der Waals surface area contributed by atoms with Crippen molar-refractivity contribution in [3.05, 3.63) is 17.7 Å². The van der Waals surface area contributed by atoms with Crippen LogP contribution in [0.1, 0.15) is 24.2 Å². The second-order valence-electron chi connectivity index (χ2n) is 4.00. The van der Waals surface area contributed by atoms with Crippen molar-refractivity contribution in [2.45, 2.75) is 20.0 Å². The first-order valence-corrected chi connectivity index (χ1v) is 5.16. The van der Waals surface area contributed by atoms with E-state index in [9.17, 15) is 9.90 Å². The van der Waals surface area contributed by atoms with Crippen molar-refractivity contribution in [2.75, 3.05) is 7.11 Å². The molecule has 1 heterocycles. The maximum absolute atomic E-state index is 12.0. The van der Waals surface area contributed by atoms with Gasteiger partial charge in [-0.25, -0.2) is 0 Å². The fourth-order valence-electron chi connectivity index (χ4n) is 1.78. The first kappa shape index (κ1) is 10.8. The average Bonchev–Trinajstić information content (AvgIpc) is 2.25. The fraction of sp³-hybridized carbons (Fsp3) is 0.417.